The van der Waals surface area contributed by atoms with E-state index < -0.39 is 0 Å². The van der Waals surface area contributed by atoms with E-state index in [1.54, 1.807) is 12.1 Å². The number of nitrogens with two attached hydrogens (primary N) is 1. The number of amides is 1. The van der Waals surface area contributed by atoms with Crippen LogP contribution in [-0.4, -0.2) is 12.5 Å². The number of hydrogen-bond acceptors (Lipinski definition) is 3. The molecule has 0 unspecified atom stereocenters. The largest absolute Gasteiger partial charge is 0.367 e. The summed E-state index contributed by atoms with van der Waals surface area (Å²) in [5.41, 5.74) is 2.93. The summed E-state index contributed by atoms with van der Waals surface area (Å²) < 4.78 is 5.08. The molecule has 0 heterocycles. The van der Waals surface area contributed by atoms with Crippen LogP contribution in [0.4, 0.5) is 0 Å². The number of halogens is 1. The molecule has 1 rings (SSSR count). The number of hydrogen-bond donors (Lipinski definition) is 2. The van der Waals surface area contributed by atoms with Crippen LogP contribution in [0.25, 0.3) is 0 Å². The second-order valence-electron chi connectivity index (χ2n) is 2.69. The van der Waals surface area contributed by atoms with Gasteiger partial charge in [0.15, 0.2) is 0 Å². The highest BCUT2D eigenvalue weighted by Crippen LogP contribution is 2.09. The van der Waals surface area contributed by atoms with Crippen molar-refractivity contribution < 1.29 is 9.53 Å². The van der Waals surface area contributed by atoms with E-state index >= 15 is 0 Å². The maximum absolute atomic E-state index is 10.7. The first-order chi connectivity index (χ1) is 6.72. The number of ether oxygens (including phenoxy) is 1. The number of rotatable bonds is 4. The van der Waals surface area contributed by atoms with Crippen LogP contribution in [0.5, 0.6) is 0 Å². The molecule has 1 aromatic carbocycles. The highest BCUT2D eigenvalue weighted by molar-refractivity contribution is 6.30. The van der Waals surface area contributed by atoms with Crippen molar-refractivity contribution in [2.24, 2.45) is 5.84 Å². The Morgan fingerprint density at radius 2 is 2.07 bits per heavy atom. The van der Waals surface area contributed by atoms with Gasteiger partial charge in [-0.3, -0.25) is 10.2 Å². The lowest BCUT2D eigenvalue weighted by atomic mass is 10.2. The maximum atomic E-state index is 10.7. The highest BCUT2D eigenvalue weighted by Gasteiger charge is 1.98. The second kappa shape index (κ2) is 5.59. The van der Waals surface area contributed by atoms with Crippen molar-refractivity contribution in [2.75, 3.05) is 6.61 Å². The molecule has 1 aromatic rings. The zero-order valence-electron chi connectivity index (χ0n) is 7.50. The normalized spacial score (nSPS) is 9.86. The van der Waals surface area contributed by atoms with Gasteiger partial charge in [-0.25, -0.2) is 5.84 Å². The summed E-state index contributed by atoms with van der Waals surface area (Å²) in [5.74, 6) is 4.53. The van der Waals surface area contributed by atoms with Gasteiger partial charge < -0.3 is 4.74 Å². The van der Waals surface area contributed by atoms with Crippen molar-refractivity contribution in [2.45, 2.75) is 6.61 Å². The second-order valence-corrected chi connectivity index (χ2v) is 3.12. The van der Waals surface area contributed by atoms with Crippen LogP contribution < -0.4 is 11.3 Å². The molecule has 0 atom stereocenters. The summed E-state index contributed by atoms with van der Waals surface area (Å²) in [4.78, 5) is 10.7. The number of hydrazine groups is 1. The van der Waals surface area contributed by atoms with Crippen LogP contribution in [0.15, 0.2) is 24.3 Å². The lowest BCUT2D eigenvalue weighted by molar-refractivity contribution is -0.126. The topological polar surface area (TPSA) is 64.3 Å². The van der Waals surface area contributed by atoms with Gasteiger partial charge in [0, 0.05) is 5.02 Å². The molecule has 0 fully saturated rings. The van der Waals surface area contributed by atoms with Gasteiger partial charge in [-0.1, -0.05) is 23.7 Å². The molecule has 14 heavy (non-hydrogen) atoms. The number of benzene rings is 1. The van der Waals surface area contributed by atoms with Crippen molar-refractivity contribution >= 4 is 17.5 Å². The minimum Gasteiger partial charge on any atom is -0.367 e. The summed E-state index contributed by atoms with van der Waals surface area (Å²) >= 11 is 5.70. The molecular formula is C9H11ClN2O2. The van der Waals surface area contributed by atoms with E-state index in [4.69, 9.17) is 22.2 Å². The Labute approximate surface area is 87.0 Å². The molecule has 0 aliphatic heterocycles. The van der Waals surface area contributed by atoms with E-state index in [0.717, 1.165) is 5.56 Å². The molecule has 0 aliphatic rings. The average Bonchev–Trinajstić information content (AvgIpc) is 2.21. The lowest BCUT2D eigenvalue weighted by Gasteiger charge is -2.03. The first-order valence-corrected chi connectivity index (χ1v) is 4.42. The molecule has 0 spiro atoms. The van der Waals surface area contributed by atoms with Gasteiger partial charge in [0.2, 0.25) is 0 Å². The third-order valence-corrected chi connectivity index (χ3v) is 1.83. The molecule has 76 valence electrons. The molecule has 1 amide bonds. The molecule has 4 nitrogen and oxygen atoms in total. The lowest BCUT2D eigenvalue weighted by Crippen LogP contribution is -2.33. The summed E-state index contributed by atoms with van der Waals surface area (Å²) in [6.07, 6.45) is 0. The zero-order valence-corrected chi connectivity index (χ0v) is 8.25. The maximum Gasteiger partial charge on any atom is 0.259 e. The monoisotopic (exact) mass is 214 g/mol. The fraction of sp³-hybridized carbons (Fsp3) is 0.222. The Kier molecular flexibility index (Phi) is 4.39. The Balaban J connectivity index is 2.31. The van der Waals surface area contributed by atoms with Gasteiger partial charge in [0.1, 0.15) is 6.61 Å². The van der Waals surface area contributed by atoms with E-state index in [2.05, 4.69) is 0 Å². The Morgan fingerprint density at radius 1 is 1.43 bits per heavy atom. The molecule has 0 saturated carbocycles. The van der Waals surface area contributed by atoms with Crippen LogP contribution in [0.2, 0.25) is 5.02 Å². The van der Waals surface area contributed by atoms with Gasteiger partial charge in [-0.2, -0.15) is 0 Å². The summed E-state index contributed by atoms with van der Waals surface area (Å²) in [5, 5.41) is 0.674. The van der Waals surface area contributed by atoms with Crippen LogP contribution >= 0.6 is 11.6 Å². The minimum atomic E-state index is -0.348. The third-order valence-electron chi connectivity index (χ3n) is 1.58. The SMILES string of the molecule is NNC(=O)COCc1ccc(Cl)cc1. The van der Waals surface area contributed by atoms with Crippen molar-refractivity contribution in [3.63, 3.8) is 0 Å². The first kappa shape index (κ1) is 11.0. The molecule has 5 heteroatoms. The standard InChI is InChI=1S/C9H11ClN2O2/c10-8-3-1-7(2-4-8)5-14-6-9(13)12-11/h1-4H,5-6,11H2,(H,12,13). The first-order valence-electron chi connectivity index (χ1n) is 4.04. The van der Waals surface area contributed by atoms with Gasteiger partial charge in [0.25, 0.3) is 5.91 Å². The van der Waals surface area contributed by atoms with Crippen molar-refractivity contribution in [1.82, 2.24) is 5.43 Å². The molecule has 0 aromatic heterocycles. The van der Waals surface area contributed by atoms with Gasteiger partial charge in [-0.05, 0) is 17.7 Å². The van der Waals surface area contributed by atoms with Crippen LogP contribution in [0, 0.1) is 0 Å². The smallest absolute Gasteiger partial charge is 0.259 e. The Hall–Kier alpha value is -1.10. The van der Waals surface area contributed by atoms with E-state index in [9.17, 15) is 4.79 Å². The van der Waals surface area contributed by atoms with Gasteiger partial charge in [0.05, 0.1) is 6.61 Å². The summed E-state index contributed by atoms with van der Waals surface area (Å²) in [7, 11) is 0. The van der Waals surface area contributed by atoms with Gasteiger partial charge >= 0.3 is 0 Å². The van der Waals surface area contributed by atoms with Crippen LogP contribution in [0.1, 0.15) is 5.56 Å². The van der Waals surface area contributed by atoms with E-state index in [0.29, 0.717) is 11.6 Å². The molecule has 0 aliphatic carbocycles. The van der Waals surface area contributed by atoms with E-state index in [-0.39, 0.29) is 12.5 Å². The van der Waals surface area contributed by atoms with Crippen LogP contribution in [0.3, 0.4) is 0 Å². The molecule has 0 radical (unpaired) electrons. The van der Waals surface area contributed by atoms with E-state index in [1.807, 2.05) is 17.6 Å². The fourth-order valence-corrected chi connectivity index (χ4v) is 1.01. The van der Waals surface area contributed by atoms with Crippen molar-refractivity contribution in [1.29, 1.82) is 0 Å². The molecular weight excluding hydrogens is 204 g/mol. The van der Waals surface area contributed by atoms with Crippen molar-refractivity contribution in [3.05, 3.63) is 34.9 Å². The number of carbonyl (C=O) groups excluding carboxylic acids is 1. The average molecular weight is 215 g/mol. The minimum absolute atomic E-state index is 0.0425. The summed E-state index contributed by atoms with van der Waals surface area (Å²) in [6.45, 7) is 0.323. The van der Waals surface area contributed by atoms with E-state index in [1.165, 1.54) is 0 Å². The Morgan fingerprint density at radius 3 is 2.64 bits per heavy atom. The predicted molar refractivity (Wildman–Crippen MR) is 53.4 cm³/mol. The molecule has 3 N–H and O–H groups in total. The molecule has 0 saturated heterocycles. The molecule has 0 bridgehead atoms. The number of nitrogens with one attached hydrogen (secondary N) is 1. The predicted octanol–water partition coefficient (Wildman–Crippen LogP) is 0.847. The zero-order chi connectivity index (χ0) is 10.4. The quantitative estimate of drug-likeness (QED) is 0.444. The third kappa shape index (κ3) is 3.74. The van der Waals surface area contributed by atoms with Crippen molar-refractivity contribution in [3.8, 4) is 0 Å². The highest BCUT2D eigenvalue weighted by atomic mass is 35.5. The van der Waals surface area contributed by atoms with Crippen LogP contribution in [-0.2, 0) is 16.1 Å². The Bertz CT molecular complexity index is 300. The summed E-state index contributed by atoms with van der Waals surface area (Å²) in [6, 6.07) is 7.21. The number of carbonyl (C=O) groups is 1. The van der Waals surface area contributed by atoms with Gasteiger partial charge in [-0.15, -0.1) is 0 Å². The fourth-order valence-electron chi connectivity index (χ4n) is 0.884.